The predicted molar refractivity (Wildman–Crippen MR) is 127 cm³/mol. The fraction of sp³-hybridized carbons (Fsp3) is 0.760. The van der Waals surface area contributed by atoms with Gasteiger partial charge in [0.2, 0.25) is 0 Å². The van der Waals surface area contributed by atoms with E-state index < -0.39 is 0 Å². The third kappa shape index (κ3) is 11.1. The van der Waals surface area contributed by atoms with E-state index in [0.29, 0.717) is 0 Å². The van der Waals surface area contributed by atoms with E-state index in [4.69, 9.17) is 23.2 Å². The average molecular weight is 430 g/mol. The van der Waals surface area contributed by atoms with Crippen LogP contribution in [0, 0.1) is 0 Å². The monoisotopic (exact) mass is 428 g/mol. The molecule has 0 aromatic heterocycles. The Morgan fingerprint density at radius 1 is 0.714 bits per heavy atom. The summed E-state index contributed by atoms with van der Waals surface area (Å²) in [6, 6.07) is 7.95. The lowest BCUT2D eigenvalue weighted by Crippen LogP contribution is -2.41. The van der Waals surface area contributed by atoms with Crippen molar-refractivity contribution in [3.8, 4) is 0 Å². The number of benzene rings is 1. The van der Waals surface area contributed by atoms with Gasteiger partial charge in [-0.1, -0.05) is 125 Å². The van der Waals surface area contributed by atoms with Crippen molar-refractivity contribution in [2.75, 3.05) is 20.6 Å². The maximum Gasteiger partial charge on any atom is 0.191 e. The zero-order valence-electron chi connectivity index (χ0n) is 18.7. The number of hydrogen-bond donors (Lipinski definition) is 0. The Morgan fingerprint density at radius 2 is 1.14 bits per heavy atom. The van der Waals surface area contributed by atoms with Gasteiger partial charge in [0.1, 0.15) is 0 Å². The standard InChI is InChI=1S/C25H44Cl2N/c1-4-5-6-7-8-9-10-11-12-13-14-15-16-19-22-28(2,3)25(27)23-20-17-18-21-24(23)26/h17-18,20-21,25H,4-16,19,22H2,1-3H3/q+1. The van der Waals surface area contributed by atoms with E-state index in [1.807, 2.05) is 24.3 Å². The minimum Gasteiger partial charge on any atom is -0.309 e. The summed E-state index contributed by atoms with van der Waals surface area (Å²) in [7, 11) is 4.42. The molecule has 0 amide bonds. The molecule has 0 N–H and O–H groups in total. The second-order valence-electron chi connectivity index (χ2n) is 8.96. The molecule has 0 bridgehead atoms. The van der Waals surface area contributed by atoms with Gasteiger partial charge in [0.15, 0.2) is 5.50 Å². The Morgan fingerprint density at radius 3 is 1.61 bits per heavy atom. The number of alkyl halides is 1. The molecule has 0 saturated heterocycles. The van der Waals surface area contributed by atoms with E-state index >= 15 is 0 Å². The molecule has 0 fully saturated rings. The van der Waals surface area contributed by atoms with Gasteiger partial charge in [-0.3, -0.25) is 0 Å². The third-order valence-corrected chi connectivity index (χ3v) is 6.97. The molecule has 0 aliphatic rings. The Kier molecular flexibility index (Phi) is 14.4. The van der Waals surface area contributed by atoms with Crippen molar-refractivity contribution < 1.29 is 4.48 Å². The number of halogens is 2. The molecule has 162 valence electrons. The minimum atomic E-state index is -0.0873. The van der Waals surface area contributed by atoms with Crippen molar-refractivity contribution in [2.24, 2.45) is 0 Å². The molecular formula is C25H44Cl2N+. The zero-order chi connectivity index (χ0) is 20.7. The topological polar surface area (TPSA) is 0 Å². The molecule has 1 atom stereocenters. The normalized spacial score (nSPS) is 13.0. The first-order valence-electron chi connectivity index (χ1n) is 11.7. The molecule has 0 heterocycles. The molecule has 1 aromatic carbocycles. The molecule has 0 saturated carbocycles. The molecule has 1 rings (SSSR count). The largest absolute Gasteiger partial charge is 0.309 e. The summed E-state index contributed by atoms with van der Waals surface area (Å²) in [5.74, 6) is 0. The number of hydrogen-bond acceptors (Lipinski definition) is 0. The SMILES string of the molecule is CCCCCCCCCCCCCCCC[N+](C)(C)C(Cl)c1ccccc1Cl. The minimum absolute atomic E-state index is 0.0873. The fourth-order valence-electron chi connectivity index (χ4n) is 3.87. The van der Waals surface area contributed by atoms with Gasteiger partial charge >= 0.3 is 0 Å². The molecule has 3 heteroatoms. The van der Waals surface area contributed by atoms with Crippen LogP contribution in [-0.2, 0) is 0 Å². The molecule has 0 aliphatic carbocycles. The highest BCUT2D eigenvalue weighted by atomic mass is 35.5. The van der Waals surface area contributed by atoms with Gasteiger partial charge in [0.25, 0.3) is 0 Å². The summed E-state index contributed by atoms with van der Waals surface area (Å²) in [5.41, 5.74) is 0.955. The van der Waals surface area contributed by atoms with Crippen LogP contribution in [0.1, 0.15) is 108 Å². The Hall–Kier alpha value is -0.240. The summed E-state index contributed by atoms with van der Waals surface area (Å²) in [5, 5.41) is 0.773. The van der Waals surface area contributed by atoms with Crippen LogP contribution in [0.25, 0.3) is 0 Å². The number of nitrogens with zero attached hydrogens (tertiary/aromatic N) is 1. The van der Waals surface area contributed by atoms with E-state index in [0.717, 1.165) is 21.6 Å². The van der Waals surface area contributed by atoms with Crippen molar-refractivity contribution in [2.45, 2.75) is 102 Å². The van der Waals surface area contributed by atoms with E-state index in [2.05, 4.69) is 21.0 Å². The highest BCUT2D eigenvalue weighted by Gasteiger charge is 2.28. The van der Waals surface area contributed by atoms with Crippen LogP contribution in [-0.4, -0.2) is 25.1 Å². The molecule has 0 radical (unpaired) electrons. The van der Waals surface area contributed by atoms with Crippen molar-refractivity contribution in [1.82, 2.24) is 0 Å². The third-order valence-electron chi connectivity index (χ3n) is 5.86. The highest BCUT2D eigenvalue weighted by Crippen LogP contribution is 2.34. The molecule has 0 aliphatic heterocycles. The summed E-state index contributed by atoms with van der Waals surface area (Å²) in [4.78, 5) is 0. The van der Waals surface area contributed by atoms with Crippen LogP contribution in [0.5, 0.6) is 0 Å². The maximum atomic E-state index is 6.75. The maximum absolute atomic E-state index is 6.75. The van der Waals surface area contributed by atoms with E-state index in [1.54, 1.807) is 0 Å². The summed E-state index contributed by atoms with van der Waals surface area (Å²) in [6.07, 6.45) is 19.5. The van der Waals surface area contributed by atoms with Gasteiger partial charge in [-0.25, -0.2) is 0 Å². The Balaban J connectivity index is 2.01. The molecule has 1 unspecified atom stereocenters. The van der Waals surface area contributed by atoms with Gasteiger partial charge in [0, 0.05) is 5.56 Å². The lowest BCUT2D eigenvalue weighted by Gasteiger charge is -2.35. The fourth-order valence-corrected chi connectivity index (χ4v) is 4.45. The van der Waals surface area contributed by atoms with Crippen LogP contribution in [0.3, 0.4) is 0 Å². The summed E-state index contributed by atoms with van der Waals surface area (Å²) in [6.45, 7) is 3.38. The highest BCUT2D eigenvalue weighted by molar-refractivity contribution is 6.32. The predicted octanol–water partition coefficient (Wildman–Crippen LogP) is 9.14. The first kappa shape index (κ1) is 25.8. The van der Waals surface area contributed by atoms with Crippen LogP contribution in [0.4, 0.5) is 0 Å². The van der Waals surface area contributed by atoms with Gasteiger partial charge in [-0.05, 0) is 18.9 Å². The molecular weight excluding hydrogens is 385 g/mol. The van der Waals surface area contributed by atoms with Crippen molar-refractivity contribution in [1.29, 1.82) is 0 Å². The van der Waals surface area contributed by atoms with Gasteiger partial charge in [-0.2, -0.15) is 0 Å². The number of unbranched alkanes of at least 4 members (excludes halogenated alkanes) is 13. The Bertz CT molecular complexity index is 501. The van der Waals surface area contributed by atoms with E-state index in [-0.39, 0.29) is 5.50 Å². The van der Waals surface area contributed by atoms with Gasteiger partial charge in [-0.15, -0.1) is 0 Å². The van der Waals surface area contributed by atoms with Crippen LogP contribution in [0.15, 0.2) is 24.3 Å². The second-order valence-corrected chi connectivity index (χ2v) is 9.78. The smallest absolute Gasteiger partial charge is 0.191 e. The first-order valence-corrected chi connectivity index (χ1v) is 12.5. The van der Waals surface area contributed by atoms with Crippen molar-refractivity contribution >= 4 is 23.2 Å². The number of rotatable bonds is 17. The van der Waals surface area contributed by atoms with Gasteiger partial charge in [0.05, 0.1) is 25.7 Å². The van der Waals surface area contributed by atoms with Crippen molar-refractivity contribution in [3.05, 3.63) is 34.9 Å². The summed E-state index contributed by atoms with van der Waals surface area (Å²) < 4.78 is 0.781. The van der Waals surface area contributed by atoms with Crippen LogP contribution in [0.2, 0.25) is 5.02 Å². The second kappa shape index (κ2) is 15.6. The lowest BCUT2D eigenvalue weighted by atomic mass is 10.0. The van der Waals surface area contributed by atoms with E-state index in [1.165, 1.54) is 89.9 Å². The van der Waals surface area contributed by atoms with Gasteiger partial charge < -0.3 is 4.48 Å². The molecule has 0 spiro atoms. The van der Waals surface area contributed by atoms with Crippen LogP contribution < -0.4 is 0 Å². The quantitative estimate of drug-likeness (QED) is 0.100. The Labute approximate surface area is 185 Å². The molecule has 1 nitrogen and oxygen atoms in total. The lowest BCUT2D eigenvalue weighted by molar-refractivity contribution is -0.907. The average Bonchev–Trinajstić information content (AvgIpc) is 2.68. The van der Waals surface area contributed by atoms with E-state index in [9.17, 15) is 0 Å². The molecule has 1 aromatic rings. The van der Waals surface area contributed by atoms with Crippen LogP contribution >= 0.6 is 23.2 Å². The molecule has 28 heavy (non-hydrogen) atoms. The zero-order valence-corrected chi connectivity index (χ0v) is 20.2. The number of quaternary nitrogens is 1. The summed E-state index contributed by atoms with van der Waals surface area (Å²) >= 11 is 13.1. The first-order chi connectivity index (χ1) is 13.5. The van der Waals surface area contributed by atoms with Crippen molar-refractivity contribution in [3.63, 3.8) is 0 Å².